The lowest BCUT2D eigenvalue weighted by atomic mass is 9.63. The van der Waals surface area contributed by atoms with Gasteiger partial charge in [-0.25, -0.2) is 4.79 Å². The summed E-state index contributed by atoms with van der Waals surface area (Å²) in [6.45, 7) is 6.68. The summed E-state index contributed by atoms with van der Waals surface area (Å²) in [5.41, 5.74) is 5.45. The van der Waals surface area contributed by atoms with Gasteiger partial charge in [0, 0.05) is 24.4 Å². The highest BCUT2D eigenvalue weighted by Gasteiger charge is 2.43. The van der Waals surface area contributed by atoms with Gasteiger partial charge in [0.15, 0.2) is 0 Å². The molecular formula is C23H25NO3. The molecule has 2 unspecified atom stereocenters. The Balaban J connectivity index is 1.59. The maximum atomic E-state index is 13.2. The Kier molecular flexibility index (Phi) is 4.34. The van der Waals surface area contributed by atoms with Gasteiger partial charge in [0.05, 0.1) is 5.69 Å². The van der Waals surface area contributed by atoms with Crippen LogP contribution in [0.2, 0.25) is 0 Å². The average molecular weight is 363 g/mol. The zero-order chi connectivity index (χ0) is 19.2. The molecular weight excluding hydrogens is 338 g/mol. The van der Waals surface area contributed by atoms with E-state index in [-0.39, 0.29) is 17.1 Å². The minimum atomic E-state index is -0.276. The van der Waals surface area contributed by atoms with Crippen molar-refractivity contribution >= 4 is 5.78 Å². The van der Waals surface area contributed by atoms with Crippen LogP contribution in [-0.2, 0) is 17.8 Å². The predicted octanol–water partition coefficient (Wildman–Crippen LogP) is 3.90. The number of ketones is 1. The highest BCUT2D eigenvalue weighted by molar-refractivity contribution is 5.88. The number of hydrogen-bond acceptors (Lipinski definition) is 3. The molecule has 1 aromatic heterocycles. The molecule has 0 radical (unpaired) electrons. The van der Waals surface area contributed by atoms with E-state index in [1.165, 1.54) is 5.56 Å². The molecule has 2 atom stereocenters. The second-order valence-corrected chi connectivity index (χ2v) is 8.20. The molecule has 2 heterocycles. The number of oxazole rings is 1. The van der Waals surface area contributed by atoms with Gasteiger partial charge in [0.2, 0.25) is 0 Å². The zero-order valence-corrected chi connectivity index (χ0v) is 16.2. The fraction of sp³-hybridized carbons (Fsp3) is 0.478. The van der Waals surface area contributed by atoms with E-state index in [2.05, 4.69) is 37.8 Å². The topological polar surface area (TPSA) is 52.2 Å². The Bertz CT molecular complexity index is 1010. The van der Waals surface area contributed by atoms with Gasteiger partial charge < -0.3 is 4.42 Å². The van der Waals surface area contributed by atoms with Gasteiger partial charge in [0.25, 0.3) is 0 Å². The summed E-state index contributed by atoms with van der Waals surface area (Å²) in [5.74, 6) is 6.10. The van der Waals surface area contributed by atoms with Gasteiger partial charge in [0.1, 0.15) is 12.0 Å². The molecule has 0 saturated heterocycles. The van der Waals surface area contributed by atoms with Crippen molar-refractivity contribution in [1.29, 1.82) is 0 Å². The van der Waals surface area contributed by atoms with E-state index in [1.807, 2.05) is 6.92 Å². The van der Waals surface area contributed by atoms with E-state index in [0.29, 0.717) is 18.7 Å². The molecule has 1 fully saturated rings. The molecule has 0 amide bonds. The van der Waals surface area contributed by atoms with Gasteiger partial charge in [-0.15, -0.1) is 5.92 Å². The first kappa shape index (κ1) is 17.9. The first-order valence-corrected chi connectivity index (χ1v) is 9.66. The standard InChI is InChI=1S/C23H25NO3/c1-4-5-17-10-15(2)21(16(3)11-17)19-6-7-23(13-20(19)25)8-9-24-18(12-23)14-27-22(24)26/h10-11,14,19H,6-9,12-13H2,1-3H3. The van der Waals surface area contributed by atoms with Crippen molar-refractivity contribution < 1.29 is 9.21 Å². The summed E-state index contributed by atoms with van der Waals surface area (Å²) in [5, 5.41) is 0. The summed E-state index contributed by atoms with van der Waals surface area (Å²) >= 11 is 0. The molecule has 4 heteroatoms. The number of Topliss-reactive ketones (excluding diaryl/α,β-unsaturated/α-hetero) is 1. The van der Waals surface area contributed by atoms with E-state index in [4.69, 9.17) is 4.42 Å². The van der Waals surface area contributed by atoms with E-state index < -0.39 is 0 Å². The van der Waals surface area contributed by atoms with Crippen molar-refractivity contribution in [2.75, 3.05) is 0 Å². The minimum Gasteiger partial charge on any atom is -0.416 e. The maximum Gasteiger partial charge on any atom is 0.419 e. The number of aromatic nitrogens is 1. The second-order valence-electron chi connectivity index (χ2n) is 8.20. The number of fused-ring (bicyclic) bond motifs is 1. The Morgan fingerprint density at radius 2 is 1.89 bits per heavy atom. The SMILES string of the molecule is CC#Cc1cc(C)c(C2CCC3(CCn4c(coc4=O)C3)CC2=O)c(C)c1. The molecule has 4 nitrogen and oxygen atoms in total. The lowest BCUT2D eigenvalue weighted by Gasteiger charge is -2.42. The van der Waals surface area contributed by atoms with Gasteiger partial charge in [-0.05, 0) is 80.7 Å². The summed E-state index contributed by atoms with van der Waals surface area (Å²) < 4.78 is 6.75. The third kappa shape index (κ3) is 3.06. The molecule has 140 valence electrons. The molecule has 0 bridgehead atoms. The van der Waals surface area contributed by atoms with Crippen LogP contribution in [0.3, 0.4) is 0 Å². The van der Waals surface area contributed by atoms with E-state index in [0.717, 1.165) is 48.1 Å². The second kappa shape index (κ2) is 6.56. The highest BCUT2D eigenvalue weighted by atomic mass is 16.4. The Labute approximate surface area is 159 Å². The summed E-state index contributed by atoms with van der Waals surface area (Å²) in [4.78, 5) is 24.9. The number of carbonyl (C=O) groups is 1. The molecule has 1 aromatic carbocycles. The first-order valence-electron chi connectivity index (χ1n) is 9.66. The highest BCUT2D eigenvalue weighted by Crippen LogP contribution is 2.48. The van der Waals surface area contributed by atoms with E-state index in [9.17, 15) is 9.59 Å². The lowest BCUT2D eigenvalue weighted by Crippen LogP contribution is -2.40. The van der Waals surface area contributed by atoms with Crippen LogP contribution in [0.15, 0.2) is 27.6 Å². The quantitative estimate of drug-likeness (QED) is 0.722. The molecule has 2 aromatic rings. The van der Waals surface area contributed by atoms with Crippen molar-refractivity contribution in [3.05, 3.63) is 56.9 Å². The maximum absolute atomic E-state index is 13.2. The Morgan fingerprint density at radius 3 is 2.56 bits per heavy atom. The molecule has 4 rings (SSSR count). The van der Waals surface area contributed by atoms with Gasteiger partial charge >= 0.3 is 5.76 Å². The smallest absolute Gasteiger partial charge is 0.416 e. The third-order valence-corrected chi connectivity index (χ3v) is 6.40. The molecule has 27 heavy (non-hydrogen) atoms. The van der Waals surface area contributed by atoms with Gasteiger partial charge in [-0.3, -0.25) is 9.36 Å². The van der Waals surface area contributed by atoms with Gasteiger partial charge in [-0.1, -0.05) is 5.92 Å². The third-order valence-electron chi connectivity index (χ3n) is 6.40. The molecule has 1 saturated carbocycles. The molecule has 1 spiro atoms. The number of rotatable bonds is 1. The van der Waals surface area contributed by atoms with Crippen molar-refractivity contribution in [3.8, 4) is 11.8 Å². The molecule has 0 N–H and O–H groups in total. The Hall–Kier alpha value is -2.54. The molecule has 1 aliphatic carbocycles. The van der Waals surface area contributed by atoms with Crippen molar-refractivity contribution in [2.24, 2.45) is 5.41 Å². The molecule has 1 aliphatic heterocycles. The van der Waals surface area contributed by atoms with Crippen LogP contribution in [0.1, 0.15) is 66.5 Å². The zero-order valence-electron chi connectivity index (χ0n) is 16.2. The number of nitrogens with zero attached hydrogens (tertiary/aromatic N) is 1. The fourth-order valence-electron chi connectivity index (χ4n) is 5.16. The largest absolute Gasteiger partial charge is 0.419 e. The van der Waals surface area contributed by atoms with E-state index in [1.54, 1.807) is 10.8 Å². The fourth-order valence-corrected chi connectivity index (χ4v) is 5.16. The van der Waals surface area contributed by atoms with Gasteiger partial charge in [-0.2, -0.15) is 0 Å². The van der Waals surface area contributed by atoms with Crippen LogP contribution in [-0.4, -0.2) is 10.4 Å². The number of benzene rings is 1. The normalized spacial score (nSPS) is 24.4. The van der Waals surface area contributed by atoms with Crippen LogP contribution in [0.25, 0.3) is 0 Å². The monoisotopic (exact) mass is 363 g/mol. The van der Waals surface area contributed by atoms with E-state index >= 15 is 0 Å². The van der Waals surface area contributed by atoms with Crippen LogP contribution >= 0.6 is 0 Å². The van der Waals surface area contributed by atoms with Crippen molar-refractivity contribution in [1.82, 2.24) is 4.57 Å². The number of aryl methyl sites for hydroxylation is 2. The first-order chi connectivity index (χ1) is 12.9. The summed E-state index contributed by atoms with van der Waals surface area (Å²) in [6, 6.07) is 4.20. The lowest BCUT2D eigenvalue weighted by molar-refractivity contribution is -0.126. The Morgan fingerprint density at radius 1 is 1.15 bits per heavy atom. The molecule has 2 aliphatic rings. The summed E-state index contributed by atoms with van der Waals surface area (Å²) in [7, 11) is 0. The predicted molar refractivity (Wildman–Crippen MR) is 104 cm³/mol. The van der Waals surface area contributed by atoms with Crippen molar-refractivity contribution in [3.63, 3.8) is 0 Å². The summed E-state index contributed by atoms with van der Waals surface area (Å²) in [6.07, 6.45) is 5.69. The van der Waals surface area contributed by atoms with Crippen LogP contribution in [0.4, 0.5) is 0 Å². The average Bonchev–Trinajstić information content (AvgIpc) is 2.96. The number of carbonyl (C=O) groups excluding carboxylic acids is 1. The van der Waals surface area contributed by atoms with Crippen LogP contribution in [0.5, 0.6) is 0 Å². The van der Waals surface area contributed by atoms with Crippen LogP contribution < -0.4 is 5.76 Å². The number of hydrogen-bond donors (Lipinski definition) is 0. The minimum absolute atomic E-state index is 0.0146. The van der Waals surface area contributed by atoms with Crippen LogP contribution in [0, 0.1) is 31.1 Å². The van der Waals surface area contributed by atoms with Crippen molar-refractivity contribution in [2.45, 2.75) is 65.3 Å².